The first-order chi connectivity index (χ1) is 8.70. The molecule has 1 aliphatic carbocycles. The normalized spacial score (nSPS) is 23.3. The van der Waals surface area contributed by atoms with E-state index in [1.54, 1.807) is 12.1 Å². The third-order valence-electron chi connectivity index (χ3n) is 3.61. The number of hydrogen-bond acceptors (Lipinski definition) is 4. The highest BCUT2D eigenvalue weighted by Crippen LogP contribution is 2.25. The van der Waals surface area contributed by atoms with Crippen LogP contribution in [0.1, 0.15) is 31.2 Å². The van der Waals surface area contributed by atoms with Crippen LogP contribution in [0.5, 0.6) is 0 Å². The van der Waals surface area contributed by atoms with E-state index in [-0.39, 0.29) is 6.10 Å². The second kappa shape index (κ2) is 5.74. The summed E-state index contributed by atoms with van der Waals surface area (Å²) in [6.45, 7) is 0.756. The van der Waals surface area contributed by atoms with Crippen molar-refractivity contribution in [1.82, 2.24) is 0 Å². The van der Waals surface area contributed by atoms with E-state index in [9.17, 15) is 5.11 Å². The van der Waals surface area contributed by atoms with E-state index < -0.39 is 0 Å². The molecule has 1 aromatic rings. The first-order valence-corrected chi connectivity index (χ1v) is 6.42. The molecule has 0 bridgehead atoms. The van der Waals surface area contributed by atoms with Gasteiger partial charge in [0.2, 0.25) is 0 Å². The van der Waals surface area contributed by atoms with Gasteiger partial charge in [-0.1, -0.05) is 12.8 Å². The van der Waals surface area contributed by atoms with Crippen molar-refractivity contribution in [3.05, 3.63) is 23.8 Å². The molecule has 1 saturated carbocycles. The molecule has 18 heavy (non-hydrogen) atoms. The van der Waals surface area contributed by atoms with Crippen molar-refractivity contribution >= 4 is 11.4 Å². The molecule has 0 aliphatic heterocycles. The van der Waals surface area contributed by atoms with E-state index in [1.807, 2.05) is 12.1 Å². The topological polar surface area (TPSA) is 82.1 Å². The summed E-state index contributed by atoms with van der Waals surface area (Å²) in [5.41, 5.74) is 7.65. The summed E-state index contributed by atoms with van der Waals surface area (Å²) in [5, 5.41) is 22.0. The fraction of sp³-hybridized carbons (Fsp3) is 0.500. The van der Waals surface area contributed by atoms with Crippen LogP contribution in [0.2, 0.25) is 0 Å². The Morgan fingerprint density at radius 1 is 1.39 bits per heavy atom. The van der Waals surface area contributed by atoms with Gasteiger partial charge in [0.15, 0.2) is 0 Å². The Labute approximate surface area is 107 Å². The van der Waals surface area contributed by atoms with Gasteiger partial charge in [0, 0.05) is 18.2 Å². The van der Waals surface area contributed by atoms with Gasteiger partial charge in [0.25, 0.3) is 0 Å². The fourth-order valence-corrected chi connectivity index (χ4v) is 2.45. The molecular formula is C14H19N3O. The molecule has 1 fully saturated rings. The zero-order valence-electron chi connectivity index (χ0n) is 10.4. The molecule has 2 atom stereocenters. The maximum Gasteiger partial charge on any atom is 0.101 e. The third-order valence-corrected chi connectivity index (χ3v) is 3.61. The fourth-order valence-electron chi connectivity index (χ4n) is 2.45. The quantitative estimate of drug-likeness (QED) is 0.712. The molecule has 1 aromatic carbocycles. The van der Waals surface area contributed by atoms with Gasteiger partial charge in [-0.3, -0.25) is 0 Å². The zero-order chi connectivity index (χ0) is 13.0. The lowest BCUT2D eigenvalue weighted by atomic mass is 9.86. The smallest absolute Gasteiger partial charge is 0.101 e. The first kappa shape index (κ1) is 12.7. The summed E-state index contributed by atoms with van der Waals surface area (Å²) < 4.78 is 0. The molecule has 0 saturated heterocycles. The van der Waals surface area contributed by atoms with Crippen LogP contribution in [0.15, 0.2) is 18.2 Å². The number of nitrogens with one attached hydrogen (secondary N) is 1. The molecule has 2 unspecified atom stereocenters. The van der Waals surface area contributed by atoms with Crippen molar-refractivity contribution < 1.29 is 5.11 Å². The van der Waals surface area contributed by atoms with Crippen LogP contribution in [0.4, 0.5) is 11.4 Å². The van der Waals surface area contributed by atoms with Gasteiger partial charge in [-0.2, -0.15) is 5.26 Å². The molecule has 0 radical (unpaired) electrons. The van der Waals surface area contributed by atoms with Crippen LogP contribution >= 0.6 is 0 Å². The highest BCUT2D eigenvalue weighted by molar-refractivity contribution is 5.62. The molecule has 96 valence electrons. The van der Waals surface area contributed by atoms with Crippen LogP contribution in [-0.2, 0) is 0 Å². The van der Waals surface area contributed by atoms with Gasteiger partial charge in [-0.25, -0.2) is 0 Å². The maximum atomic E-state index is 9.88. The molecular weight excluding hydrogens is 226 g/mol. The Kier molecular flexibility index (Phi) is 4.06. The standard InChI is InChI=1S/C14H19N3O/c15-8-10-5-6-12(7-13(10)16)17-9-11-3-1-2-4-14(11)18/h5-7,11,14,17-18H,1-4,9,16H2. The molecule has 1 aliphatic rings. The maximum absolute atomic E-state index is 9.88. The van der Waals surface area contributed by atoms with Crippen LogP contribution in [0, 0.1) is 17.2 Å². The molecule has 0 spiro atoms. The minimum atomic E-state index is -0.193. The van der Waals surface area contributed by atoms with E-state index in [0.717, 1.165) is 31.5 Å². The Morgan fingerprint density at radius 2 is 2.17 bits per heavy atom. The van der Waals surface area contributed by atoms with E-state index in [2.05, 4.69) is 5.32 Å². The van der Waals surface area contributed by atoms with Crippen molar-refractivity contribution in [2.75, 3.05) is 17.6 Å². The number of benzene rings is 1. The number of anilines is 2. The van der Waals surface area contributed by atoms with Gasteiger partial charge < -0.3 is 16.2 Å². The number of nitrogens with zero attached hydrogens (tertiary/aromatic N) is 1. The Balaban J connectivity index is 1.94. The van der Waals surface area contributed by atoms with Crippen LogP contribution in [0.3, 0.4) is 0 Å². The number of nitrogen functional groups attached to an aromatic ring is 1. The Bertz CT molecular complexity index is 453. The molecule has 4 N–H and O–H groups in total. The van der Waals surface area contributed by atoms with Crippen molar-refractivity contribution in [1.29, 1.82) is 5.26 Å². The van der Waals surface area contributed by atoms with Crippen LogP contribution in [0.25, 0.3) is 0 Å². The van der Waals surface area contributed by atoms with Gasteiger partial charge in [0.05, 0.1) is 17.4 Å². The molecule has 0 aromatic heterocycles. The molecule has 4 nitrogen and oxygen atoms in total. The Hall–Kier alpha value is -1.73. The van der Waals surface area contributed by atoms with Crippen LogP contribution < -0.4 is 11.1 Å². The predicted octanol–water partition coefficient (Wildman–Crippen LogP) is 2.10. The third kappa shape index (κ3) is 2.93. The lowest BCUT2D eigenvalue weighted by molar-refractivity contribution is 0.0763. The average Bonchev–Trinajstić information content (AvgIpc) is 2.38. The summed E-state index contributed by atoms with van der Waals surface area (Å²) in [6.07, 6.45) is 4.10. The van der Waals surface area contributed by atoms with E-state index in [1.165, 1.54) is 6.42 Å². The number of aliphatic hydroxyl groups excluding tert-OH is 1. The van der Waals surface area contributed by atoms with Crippen molar-refractivity contribution in [3.8, 4) is 6.07 Å². The minimum Gasteiger partial charge on any atom is -0.398 e. The lowest BCUT2D eigenvalue weighted by Gasteiger charge is -2.28. The zero-order valence-corrected chi connectivity index (χ0v) is 10.4. The van der Waals surface area contributed by atoms with Gasteiger partial charge in [-0.15, -0.1) is 0 Å². The number of rotatable bonds is 3. The van der Waals surface area contributed by atoms with E-state index >= 15 is 0 Å². The summed E-state index contributed by atoms with van der Waals surface area (Å²) in [5.74, 6) is 0.315. The minimum absolute atomic E-state index is 0.193. The van der Waals surface area contributed by atoms with Gasteiger partial charge in [0.1, 0.15) is 6.07 Å². The Morgan fingerprint density at radius 3 is 2.83 bits per heavy atom. The summed E-state index contributed by atoms with van der Waals surface area (Å²) in [6, 6.07) is 7.38. The van der Waals surface area contributed by atoms with E-state index in [0.29, 0.717) is 17.2 Å². The summed E-state index contributed by atoms with van der Waals surface area (Å²) in [7, 11) is 0. The highest BCUT2D eigenvalue weighted by Gasteiger charge is 2.22. The first-order valence-electron chi connectivity index (χ1n) is 6.42. The van der Waals surface area contributed by atoms with Crippen LogP contribution in [-0.4, -0.2) is 17.8 Å². The highest BCUT2D eigenvalue weighted by atomic mass is 16.3. The van der Waals surface area contributed by atoms with Crippen molar-refractivity contribution in [2.45, 2.75) is 31.8 Å². The second-order valence-electron chi connectivity index (χ2n) is 4.91. The van der Waals surface area contributed by atoms with Crippen molar-refractivity contribution in [2.24, 2.45) is 5.92 Å². The monoisotopic (exact) mass is 245 g/mol. The average molecular weight is 245 g/mol. The van der Waals surface area contributed by atoms with Gasteiger partial charge >= 0.3 is 0 Å². The lowest BCUT2D eigenvalue weighted by Crippen LogP contribution is -2.30. The molecule has 2 rings (SSSR count). The largest absolute Gasteiger partial charge is 0.398 e. The van der Waals surface area contributed by atoms with Crippen molar-refractivity contribution in [3.63, 3.8) is 0 Å². The number of aliphatic hydroxyl groups is 1. The molecule has 0 amide bonds. The molecule has 4 heteroatoms. The van der Waals surface area contributed by atoms with E-state index in [4.69, 9.17) is 11.0 Å². The summed E-state index contributed by atoms with van der Waals surface area (Å²) in [4.78, 5) is 0. The number of nitrogens with two attached hydrogens (primary N) is 1. The predicted molar refractivity (Wildman–Crippen MR) is 72.0 cm³/mol. The summed E-state index contributed by atoms with van der Waals surface area (Å²) >= 11 is 0. The number of hydrogen-bond donors (Lipinski definition) is 3. The molecule has 0 heterocycles. The second-order valence-corrected chi connectivity index (χ2v) is 4.91. The number of nitriles is 1. The SMILES string of the molecule is N#Cc1ccc(NCC2CCCCC2O)cc1N. The van der Waals surface area contributed by atoms with Gasteiger partial charge in [-0.05, 0) is 31.0 Å².